The Morgan fingerprint density at radius 1 is 0.926 bits per heavy atom. The van der Waals surface area contributed by atoms with Gasteiger partial charge in [0, 0.05) is 13.0 Å². The summed E-state index contributed by atoms with van der Waals surface area (Å²) in [6.45, 7) is 0. The van der Waals surface area contributed by atoms with Crippen LogP contribution in [0.2, 0.25) is 0 Å². The second kappa shape index (κ2) is 9.56. The highest BCUT2D eigenvalue weighted by Crippen LogP contribution is 2.39. The molecule has 2 aromatic rings. The van der Waals surface area contributed by atoms with Gasteiger partial charge in [-0.1, -0.05) is 61.7 Å². The van der Waals surface area contributed by atoms with Crippen molar-refractivity contribution >= 4 is 5.97 Å². The molecule has 0 aromatic heterocycles. The number of carbonyl (C=O) groups excluding carboxylic acids is 1. The van der Waals surface area contributed by atoms with Crippen molar-refractivity contribution in [1.29, 1.82) is 0 Å². The fraction of sp³-hybridized carbons (Fsp3) is 0.435. The quantitative estimate of drug-likeness (QED) is 0.626. The molecule has 1 fully saturated rings. The highest BCUT2D eigenvalue weighted by Gasteiger charge is 2.32. The maximum atomic E-state index is 13.0. The van der Waals surface area contributed by atoms with Gasteiger partial charge < -0.3 is 14.2 Å². The highest BCUT2D eigenvalue weighted by molar-refractivity contribution is 5.76. The first kappa shape index (κ1) is 19.4. The summed E-state index contributed by atoms with van der Waals surface area (Å²) in [5.41, 5.74) is 1.79. The lowest BCUT2D eigenvalue weighted by Gasteiger charge is -2.31. The van der Waals surface area contributed by atoms with Gasteiger partial charge in [0.25, 0.3) is 0 Å². The molecule has 0 aliphatic heterocycles. The number of benzene rings is 2. The molecule has 1 aliphatic carbocycles. The third kappa shape index (κ3) is 4.89. The lowest BCUT2D eigenvalue weighted by atomic mass is 9.82. The van der Waals surface area contributed by atoms with Crippen LogP contribution < -0.4 is 4.74 Å². The largest absolute Gasteiger partial charge is 0.497 e. The van der Waals surface area contributed by atoms with Gasteiger partial charge in [0.2, 0.25) is 0 Å². The van der Waals surface area contributed by atoms with E-state index in [2.05, 4.69) is 0 Å². The Kier molecular flexibility index (Phi) is 6.88. The van der Waals surface area contributed by atoms with Crippen molar-refractivity contribution in [1.82, 2.24) is 0 Å². The molecular weight excluding hydrogens is 340 g/mol. The predicted octanol–water partition coefficient (Wildman–Crippen LogP) is 5.25. The minimum atomic E-state index is -0.720. The number of hydrogen-bond acceptors (Lipinski definition) is 4. The standard InChI is InChI=1S/C23H28O4/c1-25-20-15-9-14-19(16-20)21(17-10-5-3-6-11-17)27-23(24)22(26-2)18-12-7-4-8-13-18/h4,7-9,12-17,21-22H,3,5-6,10-11H2,1-2H3/t21-,22-/m1/s1. The molecule has 27 heavy (non-hydrogen) atoms. The maximum Gasteiger partial charge on any atom is 0.340 e. The molecular formula is C23H28O4. The Morgan fingerprint density at radius 2 is 1.63 bits per heavy atom. The molecule has 0 bridgehead atoms. The van der Waals surface area contributed by atoms with E-state index in [9.17, 15) is 4.79 Å². The van der Waals surface area contributed by atoms with E-state index in [4.69, 9.17) is 14.2 Å². The van der Waals surface area contributed by atoms with E-state index in [-0.39, 0.29) is 12.1 Å². The topological polar surface area (TPSA) is 44.8 Å². The molecule has 144 valence electrons. The fourth-order valence-electron chi connectivity index (χ4n) is 3.88. The number of methoxy groups -OCH3 is 2. The van der Waals surface area contributed by atoms with Crippen molar-refractivity contribution in [3.05, 3.63) is 65.7 Å². The number of hydrogen-bond donors (Lipinski definition) is 0. The van der Waals surface area contributed by atoms with Crippen LogP contribution in [0.4, 0.5) is 0 Å². The van der Waals surface area contributed by atoms with Crippen LogP contribution in [0.15, 0.2) is 54.6 Å². The van der Waals surface area contributed by atoms with E-state index < -0.39 is 6.10 Å². The summed E-state index contributed by atoms with van der Waals surface area (Å²) in [5.74, 6) is 0.751. The van der Waals surface area contributed by atoms with Crippen molar-refractivity contribution in [2.75, 3.05) is 14.2 Å². The van der Waals surface area contributed by atoms with E-state index in [1.165, 1.54) is 19.3 Å². The van der Waals surface area contributed by atoms with Crippen LogP contribution in [0.5, 0.6) is 5.75 Å². The Balaban J connectivity index is 1.84. The molecule has 0 unspecified atom stereocenters. The summed E-state index contributed by atoms with van der Waals surface area (Å²) in [4.78, 5) is 13.0. The van der Waals surface area contributed by atoms with Crippen LogP contribution >= 0.6 is 0 Å². The minimum absolute atomic E-state index is 0.283. The van der Waals surface area contributed by atoms with Crippen molar-refractivity contribution < 1.29 is 19.0 Å². The number of esters is 1. The Morgan fingerprint density at radius 3 is 2.30 bits per heavy atom. The van der Waals surface area contributed by atoms with E-state index in [0.717, 1.165) is 29.7 Å². The van der Waals surface area contributed by atoms with Gasteiger partial charge >= 0.3 is 5.97 Å². The van der Waals surface area contributed by atoms with Crippen LogP contribution in [-0.4, -0.2) is 20.2 Å². The van der Waals surface area contributed by atoms with Gasteiger partial charge in [-0.15, -0.1) is 0 Å². The molecule has 0 heterocycles. The lowest BCUT2D eigenvalue weighted by molar-refractivity contribution is -0.165. The molecule has 0 amide bonds. The first-order valence-corrected chi connectivity index (χ1v) is 9.65. The van der Waals surface area contributed by atoms with Gasteiger partial charge in [0.1, 0.15) is 11.9 Å². The molecule has 2 atom stereocenters. The third-order valence-electron chi connectivity index (χ3n) is 5.30. The summed E-state index contributed by atoms with van der Waals surface area (Å²) in [6.07, 6.45) is 4.73. The molecule has 0 N–H and O–H groups in total. The Labute approximate surface area is 161 Å². The molecule has 4 nitrogen and oxygen atoms in total. The summed E-state index contributed by atoms with van der Waals surface area (Å²) >= 11 is 0. The summed E-state index contributed by atoms with van der Waals surface area (Å²) < 4.78 is 16.9. The molecule has 1 saturated carbocycles. The number of carbonyl (C=O) groups is 1. The van der Waals surface area contributed by atoms with Gasteiger partial charge in [0.05, 0.1) is 7.11 Å². The lowest BCUT2D eigenvalue weighted by Crippen LogP contribution is -2.26. The second-order valence-corrected chi connectivity index (χ2v) is 7.06. The second-order valence-electron chi connectivity index (χ2n) is 7.06. The molecule has 2 aromatic carbocycles. The van der Waals surface area contributed by atoms with Gasteiger partial charge in [-0.25, -0.2) is 4.79 Å². The van der Waals surface area contributed by atoms with E-state index in [0.29, 0.717) is 5.92 Å². The monoisotopic (exact) mass is 368 g/mol. The van der Waals surface area contributed by atoms with Crippen LogP contribution in [-0.2, 0) is 14.3 Å². The third-order valence-corrected chi connectivity index (χ3v) is 5.30. The van der Waals surface area contributed by atoms with Crippen molar-refractivity contribution in [3.63, 3.8) is 0 Å². The van der Waals surface area contributed by atoms with Gasteiger partial charge in [-0.2, -0.15) is 0 Å². The highest BCUT2D eigenvalue weighted by atomic mass is 16.6. The first-order valence-electron chi connectivity index (χ1n) is 9.65. The zero-order chi connectivity index (χ0) is 19.1. The SMILES string of the molecule is COc1cccc([C@H](OC(=O)[C@H](OC)c2ccccc2)C2CCCCC2)c1. The Bertz CT molecular complexity index is 722. The van der Waals surface area contributed by atoms with Crippen LogP contribution in [0.3, 0.4) is 0 Å². The zero-order valence-corrected chi connectivity index (χ0v) is 16.1. The van der Waals surface area contributed by atoms with E-state index >= 15 is 0 Å². The summed E-state index contributed by atoms with van der Waals surface area (Å²) in [6, 6.07) is 17.3. The van der Waals surface area contributed by atoms with Crippen LogP contribution in [0, 0.1) is 5.92 Å². The molecule has 3 rings (SSSR count). The zero-order valence-electron chi connectivity index (χ0n) is 16.1. The molecule has 0 radical (unpaired) electrons. The maximum absolute atomic E-state index is 13.0. The van der Waals surface area contributed by atoms with Crippen LogP contribution in [0.1, 0.15) is 55.4 Å². The molecule has 1 aliphatic rings. The molecule has 0 spiro atoms. The van der Waals surface area contributed by atoms with Crippen LogP contribution in [0.25, 0.3) is 0 Å². The molecule has 4 heteroatoms. The van der Waals surface area contributed by atoms with Crippen molar-refractivity contribution in [3.8, 4) is 5.75 Å². The van der Waals surface area contributed by atoms with E-state index in [1.54, 1.807) is 14.2 Å². The number of rotatable bonds is 7. The predicted molar refractivity (Wildman–Crippen MR) is 105 cm³/mol. The summed E-state index contributed by atoms with van der Waals surface area (Å²) in [7, 11) is 3.19. The Hall–Kier alpha value is -2.33. The average Bonchev–Trinajstić information content (AvgIpc) is 2.74. The van der Waals surface area contributed by atoms with Crippen molar-refractivity contribution in [2.24, 2.45) is 5.92 Å². The average molecular weight is 368 g/mol. The van der Waals surface area contributed by atoms with Gasteiger partial charge in [0.15, 0.2) is 6.10 Å². The molecule has 0 saturated heterocycles. The smallest absolute Gasteiger partial charge is 0.340 e. The van der Waals surface area contributed by atoms with Gasteiger partial charge in [-0.05, 0) is 36.1 Å². The van der Waals surface area contributed by atoms with Gasteiger partial charge in [-0.3, -0.25) is 0 Å². The number of ether oxygens (including phenoxy) is 3. The normalized spacial score (nSPS) is 17.1. The summed E-state index contributed by atoms with van der Waals surface area (Å²) in [5, 5.41) is 0. The van der Waals surface area contributed by atoms with Crippen molar-refractivity contribution in [2.45, 2.75) is 44.3 Å². The fourth-order valence-corrected chi connectivity index (χ4v) is 3.88. The van der Waals surface area contributed by atoms with E-state index in [1.807, 2.05) is 54.6 Å². The first-order chi connectivity index (χ1) is 13.2. The minimum Gasteiger partial charge on any atom is -0.497 e.